The monoisotopic (exact) mass is 277 g/mol. The summed E-state index contributed by atoms with van der Waals surface area (Å²) >= 11 is 0. The molecule has 0 aromatic heterocycles. The minimum atomic E-state index is -3.40. The van der Waals surface area contributed by atoms with Crippen LogP contribution in [0.5, 0.6) is 0 Å². The predicted molar refractivity (Wildman–Crippen MR) is 71.0 cm³/mol. The highest BCUT2D eigenvalue weighted by atomic mass is 32.2. The first-order valence-corrected chi connectivity index (χ1v) is 7.96. The van der Waals surface area contributed by atoms with Gasteiger partial charge in [0.05, 0.1) is 11.3 Å². The predicted octanol–water partition coefficient (Wildman–Crippen LogP) is 1.01. The van der Waals surface area contributed by atoms with Crippen molar-refractivity contribution in [2.24, 2.45) is 16.8 Å². The van der Waals surface area contributed by atoms with Gasteiger partial charge in [0.2, 0.25) is 10.0 Å². The summed E-state index contributed by atoms with van der Waals surface area (Å²) in [6.07, 6.45) is 3.53. The Hall–Kier alpha value is -0.820. The standard InChI is InChI=1S/C11H23N3O3S/c1-9(2)5-8-18(16,17)14-11(10(12)13-15)6-3-4-7-11/h9,14-15H,3-8H2,1-2H3,(H2,12,13). The lowest BCUT2D eigenvalue weighted by Crippen LogP contribution is -2.56. The van der Waals surface area contributed by atoms with E-state index in [1.807, 2.05) is 13.8 Å². The Morgan fingerprint density at radius 3 is 2.44 bits per heavy atom. The lowest BCUT2D eigenvalue weighted by atomic mass is 9.98. The van der Waals surface area contributed by atoms with E-state index in [9.17, 15) is 8.42 Å². The molecule has 0 aromatic carbocycles. The van der Waals surface area contributed by atoms with E-state index in [4.69, 9.17) is 10.9 Å². The third-order valence-corrected chi connectivity index (χ3v) is 4.84. The van der Waals surface area contributed by atoms with Crippen molar-refractivity contribution in [2.75, 3.05) is 5.75 Å². The van der Waals surface area contributed by atoms with Crippen LogP contribution in [0.1, 0.15) is 46.0 Å². The van der Waals surface area contributed by atoms with Crippen LogP contribution in [-0.4, -0.2) is 30.8 Å². The van der Waals surface area contributed by atoms with Crippen LogP contribution in [0.4, 0.5) is 0 Å². The number of nitrogens with zero attached hydrogens (tertiary/aromatic N) is 1. The maximum absolute atomic E-state index is 12.0. The topological polar surface area (TPSA) is 105 Å². The van der Waals surface area contributed by atoms with Crippen LogP contribution in [0.25, 0.3) is 0 Å². The number of amidine groups is 1. The minimum absolute atomic E-state index is 0.0341. The number of sulfonamides is 1. The van der Waals surface area contributed by atoms with Crippen molar-refractivity contribution < 1.29 is 13.6 Å². The fraction of sp³-hybridized carbons (Fsp3) is 0.909. The van der Waals surface area contributed by atoms with E-state index in [2.05, 4.69) is 9.88 Å². The molecule has 6 nitrogen and oxygen atoms in total. The lowest BCUT2D eigenvalue weighted by molar-refractivity contribution is 0.309. The van der Waals surface area contributed by atoms with Crippen molar-refractivity contribution in [3.8, 4) is 0 Å². The lowest BCUT2D eigenvalue weighted by Gasteiger charge is -2.28. The van der Waals surface area contributed by atoms with Gasteiger partial charge in [-0.15, -0.1) is 0 Å². The molecule has 0 saturated heterocycles. The molecule has 1 fully saturated rings. The van der Waals surface area contributed by atoms with Crippen LogP contribution in [-0.2, 0) is 10.0 Å². The van der Waals surface area contributed by atoms with Gasteiger partial charge >= 0.3 is 0 Å². The highest BCUT2D eigenvalue weighted by molar-refractivity contribution is 7.89. The molecule has 0 heterocycles. The smallest absolute Gasteiger partial charge is 0.212 e. The first-order chi connectivity index (χ1) is 8.31. The first-order valence-electron chi connectivity index (χ1n) is 6.31. The molecule has 1 aliphatic rings. The molecule has 0 radical (unpaired) electrons. The van der Waals surface area contributed by atoms with Crippen molar-refractivity contribution >= 4 is 15.9 Å². The van der Waals surface area contributed by atoms with Crippen molar-refractivity contribution in [3.05, 3.63) is 0 Å². The van der Waals surface area contributed by atoms with E-state index in [0.717, 1.165) is 12.8 Å². The van der Waals surface area contributed by atoms with Gasteiger partial charge < -0.3 is 10.9 Å². The maximum atomic E-state index is 12.0. The first kappa shape index (κ1) is 15.2. The third kappa shape index (κ3) is 3.84. The molecule has 106 valence electrons. The number of rotatable bonds is 6. The van der Waals surface area contributed by atoms with Crippen LogP contribution in [0.3, 0.4) is 0 Å². The molecule has 0 aliphatic heterocycles. The van der Waals surface area contributed by atoms with Gasteiger partial charge in [-0.05, 0) is 25.2 Å². The Balaban J connectivity index is 2.79. The number of hydrogen-bond donors (Lipinski definition) is 3. The second kappa shape index (κ2) is 5.88. The molecule has 1 saturated carbocycles. The number of nitrogens with one attached hydrogen (secondary N) is 1. The van der Waals surface area contributed by atoms with E-state index in [1.165, 1.54) is 0 Å². The van der Waals surface area contributed by atoms with Gasteiger partial charge in [-0.3, -0.25) is 0 Å². The fourth-order valence-electron chi connectivity index (χ4n) is 2.22. The highest BCUT2D eigenvalue weighted by Gasteiger charge is 2.41. The van der Waals surface area contributed by atoms with E-state index < -0.39 is 15.6 Å². The average molecular weight is 277 g/mol. The molecule has 4 N–H and O–H groups in total. The summed E-state index contributed by atoms with van der Waals surface area (Å²) in [5.41, 5.74) is 4.77. The summed E-state index contributed by atoms with van der Waals surface area (Å²) in [6, 6.07) is 0. The molecular formula is C11H23N3O3S. The maximum Gasteiger partial charge on any atom is 0.212 e. The summed E-state index contributed by atoms with van der Waals surface area (Å²) < 4.78 is 26.7. The molecule has 0 spiro atoms. The van der Waals surface area contributed by atoms with Crippen molar-refractivity contribution in [2.45, 2.75) is 51.5 Å². The zero-order valence-electron chi connectivity index (χ0n) is 11.0. The molecule has 18 heavy (non-hydrogen) atoms. The Labute approximate surface area is 109 Å². The largest absolute Gasteiger partial charge is 0.409 e. The van der Waals surface area contributed by atoms with E-state index in [1.54, 1.807) is 0 Å². The molecule has 0 bridgehead atoms. The number of nitrogens with two attached hydrogens (primary N) is 1. The van der Waals surface area contributed by atoms with Crippen LogP contribution in [0.15, 0.2) is 5.16 Å². The highest BCUT2D eigenvalue weighted by Crippen LogP contribution is 2.30. The summed E-state index contributed by atoms with van der Waals surface area (Å²) in [6.45, 7) is 3.95. The normalized spacial score (nSPS) is 20.5. The Morgan fingerprint density at radius 1 is 1.44 bits per heavy atom. The SMILES string of the molecule is CC(C)CCS(=O)(=O)NC1(C(N)=NO)CCCC1. The third-order valence-electron chi connectivity index (χ3n) is 3.37. The second-order valence-corrected chi connectivity index (χ2v) is 7.22. The van der Waals surface area contributed by atoms with Crippen molar-refractivity contribution in [3.63, 3.8) is 0 Å². The average Bonchev–Trinajstić information content (AvgIpc) is 2.74. The van der Waals surface area contributed by atoms with Crippen LogP contribution in [0.2, 0.25) is 0 Å². The number of hydrogen-bond acceptors (Lipinski definition) is 4. The molecule has 7 heteroatoms. The Morgan fingerprint density at radius 2 is 2.00 bits per heavy atom. The van der Waals surface area contributed by atoms with Crippen molar-refractivity contribution in [1.82, 2.24) is 4.72 Å². The van der Waals surface area contributed by atoms with Gasteiger partial charge in [-0.25, -0.2) is 13.1 Å². The van der Waals surface area contributed by atoms with Crippen molar-refractivity contribution in [1.29, 1.82) is 0 Å². The quantitative estimate of drug-likeness (QED) is 0.291. The van der Waals surface area contributed by atoms with Crippen LogP contribution >= 0.6 is 0 Å². The van der Waals surface area contributed by atoms with Gasteiger partial charge in [-0.1, -0.05) is 31.8 Å². The molecule has 0 atom stereocenters. The Bertz CT molecular complexity index is 398. The second-order valence-electron chi connectivity index (χ2n) is 5.38. The van der Waals surface area contributed by atoms with E-state index in [-0.39, 0.29) is 11.6 Å². The van der Waals surface area contributed by atoms with Gasteiger partial charge in [0.1, 0.15) is 0 Å². The van der Waals surface area contributed by atoms with Crippen LogP contribution < -0.4 is 10.5 Å². The van der Waals surface area contributed by atoms with Crippen LogP contribution in [0, 0.1) is 5.92 Å². The van der Waals surface area contributed by atoms with Gasteiger partial charge in [-0.2, -0.15) is 0 Å². The molecule has 0 amide bonds. The molecule has 1 aliphatic carbocycles. The summed E-state index contributed by atoms with van der Waals surface area (Å²) in [7, 11) is -3.40. The summed E-state index contributed by atoms with van der Waals surface area (Å²) in [5, 5.41) is 11.8. The summed E-state index contributed by atoms with van der Waals surface area (Å²) in [5.74, 6) is 0.364. The summed E-state index contributed by atoms with van der Waals surface area (Å²) in [4.78, 5) is 0. The zero-order valence-corrected chi connectivity index (χ0v) is 11.8. The van der Waals surface area contributed by atoms with Gasteiger partial charge in [0.15, 0.2) is 5.84 Å². The molecular weight excluding hydrogens is 254 g/mol. The van der Waals surface area contributed by atoms with E-state index >= 15 is 0 Å². The minimum Gasteiger partial charge on any atom is -0.409 e. The van der Waals surface area contributed by atoms with E-state index in [0.29, 0.717) is 25.2 Å². The molecule has 0 unspecified atom stereocenters. The molecule has 0 aromatic rings. The number of oxime groups is 1. The fourth-order valence-corrected chi connectivity index (χ4v) is 4.01. The van der Waals surface area contributed by atoms with Gasteiger partial charge in [0, 0.05) is 0 Å². The molecule has 1 rings (SSSR count). The zero-order chi connectivity index (χ0) is 13.8. The van der Waals surface area contributed by atoms with Gasteiger partial charge in [0.25, 0.3) is 0 Å². The Kier molecular flexibility index (Phi) is 4.98.